The monoisotopic (exact) mass is 271 g/mol. The van der Waals surface area contributed by atoms with Crippen molar-refractivity contribution in [2.75, 3.05) is 32.8 Å². The van der Waals surface area contributed by atoms with E-state index in [-0.39, 0.29) is 1.43 Å². The molecule has 1 aliphatic rings. The zero-order chi connectivity index (χ0) is 13.6. The largest absolute Gasteiger partial charge is 1.00 e. The molecule has 0 spiro atoms. The number of unbranched alkanes of at least 4 members (excludes halogenated alkanes) is 9. The summed E-state index contributed by atoms with van der Waals surface area (Å²) in [6.45, 7) is 7.26. The van der Waals surface area contributed by atoms with Crippen LogP contribution < -0.4 is 5.43 Å². The second-order valence-electron chi connectivity index (χ2n) is 5.69. The highest BCUT2D eigenvalue weighted by Gasteiger charge is 2.08. The van der Waals surface area contributed by atoms with Gasteiger partial charge in [-0.05, 0) is 6.42 Å². The Labute approximate surface area is 121 Å². The van der Waals surface area contributed by atoms with Crippen LogP contribution in [0.5, 0.6) is 0 Å². The third kappa shape index (κ3) is 10.3. The Kier molecular flexibility index (Phi) is 11.5. The van der Waals surface area contributed by atoms with Crippen molar-refractivity contribution in [1.29, 1.82) is 0 Å². The SMILES string of the molecule is CCCCCCCCCCCCNN1CCOCC1.[H+]. The van der Waals surface area contributed by atoms with E-state index in [1.807, 2.05) is 0 Å². The highest BCUT2D eigenvalue weighted by molar-refractivity contribution is 4.57. The molecular formula is C16H35N2O+. The second kappa shape index (κ2) is 12.9. The Hall–Kier alpha value is -0.120. The van der Waals surface area contributed by atoms with Crippen molar-refractivity contribution in [2.24, 2.45) is 0 Å². The predicted molar refractivity (Wildman–Crippen MR) is 83.4 cm³/mol. The van der Waals surface area contributed by atoms with Gasteiger partial charge in [0.25, 0.3) is 0 Å². The van der Waals surface area contributed by atoms with Gasteiger partial charge in [0.05, 0.1) is 13.2 Å². The summed E-state index contributed by atoms with van der Waals surface area (Å²) in [7, 11) is 0. The summed E-state index contributed by atoms with van der Waals surface area (Å²) in [6.07, 6.45) is 14.1. The lowest BCUT2D eigenvalue weighted by atomic mass is 10.1. The number of ether oxygens (including phenoxy) is 1. The number of hydrogen-bond acceptors (Lipinski definition) is 3. The van der Waals surface area contributed by atoms with Crippen LogP contribution in [-0.4, -0.2) is 37.9 Å². The Balaban J connectivity index is 0.00000361. The molecule has 1 rings (SSSR count). The number of hydrogen-bond donors (Lipinski definition) is 1. The smallest absolute Gasteiger partial charge is 0.379 e. The van der Waals surface area contributed by atoms with E-state index >= 15 is 0 Å². The molecule has 19 heavy (non-hydrogen) atoms. The highest BCUT2D eigenvalue weighted by atomic mass is 16.5. The van der Waals surface area contributed by atoms with E-state index in [9.17, 15) is 0 Å². The van der Waals surface area contributed by atoms with E-state index in [1.54, 1.807) is 0 Å². The van der Waals surface area contributed by atoms with Crippen LogP contribution in [0, 0.1) is 0 Å². The average Bonchev–Trinajstić information content (AvgIpc) is 2.46. The van der Waals surface area contributed by atoms with Crippen LogP contribution in [0.2, 0.25) is 0 Å². The van der Waals surface area contributed by atoms with Gasteiger partial charge in [-0.3, -0.25) is 5.43 Å². The van der Waals surface area contributed by atoms with E-state index in [4.69, 9.17) is 4.74 Å². The van der Waals surface area contributed by atoms with Crippen molar-refractivity contribution in [3.05, 3.63) is 0 Å². The molecular weight excluding hydrogens is 236 g/mol. The first-order valence-electron chi connectivity index (χ1n) is 8.49. The third-order valence-electron chi connectivity index (χ3n) is 3.88. The molecule has 3 heteroatoms. The van der Waals surface area contributed by atoms with Crippen molar-refractivity contribution in [3.8, 4) is 0 Å². The molecule has 0 saturated carbocycles. The van der Waals surface area contributed by atoms with Crippen LogP contribution >= 0.6 is 0 Å². The molecule has 1 N–H and O–H groups in total. The molecule has 0 aromatic rings. The summed E-state index contributed by atoms with van der Waals surface area (Å²) >= 11 is 0. The van der Waals surface area contributed by atoms with Crippen molar-refractivity contribution >= 4 is 0 Å². The predicted octanol–water partition coefficient (Wildman–Crippen LogP) is 3.86. The second-order valence-corrected chi connectivity index (χ2v) is 5.69. The molecule has 3 nitrogen and oxygen atoms in total. The van der Waals surface area contributed by atoms with Gasteiger partial charge < -0.3 is 4.74 Å². The molecule has 0 unspecified atom stereocenters. The zero-order valence-corrected chi connectivity index (χ0v) is 13.0. The molecule has 0 aliphatic carbocycles. The molecule has 1 saturated heterocycles. The van der Waals surface area contributed by atoms with Gasteiger partial charge in [0.15, 0.2) is 0 Å². The molecule has 114 valence electrons. The maximum Gasteiger partial charge on any atom is 1.00 e. The fourth-order valence-electron chi connectivity index (χ4n) is 2.57. The van der Waals surface area contributed by atoms with Crippen molar-refractivity contribution in [3.63, 3.8) is 0 Å². The standard InChI is InChI=1S/C16H34N2O/c1-2-3-4-5-6-7-8-9-10-11-12-17-18-13-15-19-16-14-18/h17H,2-16H2,1H3/p+1. The Bertz CT molecular complexity index is 187. The fourth-order valence-corrected chi connectivity index (χ4v) is 2.57. The summed E-state index contributed by atoms with van der Waals surface area (Å²) in [5.74, 6) is 0. The number of hydrazine groups is 1. The van der Waals surface area contributed by atoms with Crippen LogP contribution in [0.4, 0.5) is 0 Å². The lowest BCUT2D eigenvalue weighted by Gasteiger charge is -2.27. The Morgan fingerprint density at radius 1 is 0.842 bits per heavy atom. The number of morpholine rings is 1. The molecule has 0 atom stereocenters. The maximum atomic E-state index is 5.32. The topological polar surface area (TPSA) is 24.5 Å². The summed E-state index contributed by atoms with van der Waals surface area (Å²) in [6, 6.07) is 0. The van der Waals surface area contributed by atoms with Gasteiger partial charge in [-0.15, -0.1) is 0 Å². The van der Waals surface area contributed by atoms with Gasteiger partial charge in [-0.2, -0.15) is 0 Å². The number of nitrogens with one attached hydrogen (secondary N) is 1. The molecule has 1 aliphatic heterocycles. The fraction of sp³-hybridized carbons (Fsp3) is 1.00. The first-order valence-corrected chi connectivity index (χ1v) is 8.49. The van der Waals surface area contributed by atoms with E-state index in [0.29, 0.717) is 0 Å². The van der Waals surface area contributed by atoms with Gasteiger partial charge in [0.1, 0.15) is 0 Å². The lowest BCUT2D eigenvalue weighted by molar-refractivity contribution is 0.0118. The zero-order valence-electron chi connectivity index (χ0n) is 14.0. The molecule has 0 radical (unpaired) electrons. The summed E-state index contributed by atoms with van der Waals surface area (Å²) in [5, 5.41) is 2.30. The van der Waals surface area contributed by atoms with Gasteiger partial charge >= 0.3 is 1.43 Å². The van der Waals surface area contributed by atoms with Crippen LogP contribution in [-0.2, 0) is 4.74 Å². The van der Waals surface area contributed by atoms with E-state index in [1.165, 1.54) is 64.2 Å². The minimum absolute atomic E-state index is 0. The van der Waals surface area contributed by atoms with Crippen LogP contribution in [0.1, 0.15) is 72.6 Å². The average molecular weight is 271 g/mol. The minimum atomic E-state index is 0. The molecule has 0 aromatic heterocycles. The van der Waals surface area contributed by atoms with Crippen molar-refractivity contribution < 1.29 is 6.16 Å². The van der Waals surface area contributed by atoms with Crippen LogP contribution in [0.3, 0.4) is 0 Å². The van der Waals surface area contributed by atoms with Gasteiger partial charge in [0.2, 0.25) is 0 Å². The highest BCUT2D eigenvalue weighted by Crippen LogP contribution is 2.10. The molecule has 0 amide bonds. The molecule has 1 heterocycles. The number of rotatable bonds is 12. The normalized spacial score (nSPS) is 16.9. The van der Waals surface area contributed by atoms with E-state index in [2.05, 4.69) is 17.4 Å². The Morgan fingerprint density at radius 3 is 1.95 bits per heavy atom. The van der Waals surface area contributed by atoms with Crippen molar-refractivity contribution in [2.45, 2.75) is 71.1 Å². The van der Waals surface area contributed by atoms with Crippen LogP contribution in [0.15, 0.2) is 0 Å². The Morgan fingerprint density at radius 2 is 1.37 bits per heavy atom. The van der Waals surface area contributed by atoms with Gasteiger partial charge in [0, 0.05) is 19.6 Å². The lowest BCUT2D eigenvalue weighted by Crippen LogP contribution is -2.45. The van der Waals surface area contributed by atoms with Gasteiger partial charge in [-0.25, -0.2) is 5.01 Å². The molecule has 0 bridgehead atoms. The van der Waals surface area contributed by atoms with E-state index < -0.39 is 0 Å². The quantitative estimate of drug-likeness (QED) is 0.546. The molecule has 1 fully saturated rings. The third-order valence-corrected chi connectivity index (χ3v) is 3.88. The van der Waals surface area contributed by atoms with E-state index in [0.717, 1.165) is 32.8 Å². The maximum absolute atomic E-state index is 5.32. The minimum Gasteiger partial charge on any atom is -0.379 e. The summed E-state index contributed by atoms with van der Waals surface area (Å²) < 4.78 is 5.32. The first-order chi connectivity index (χ1) is 9.43. The van der Waals surface area contributed by atoms with Crippen LogP contribution in [0.25, 0.3) is 0 Å². The first kappa shape index (κ1) is 16.9. The number of nitrogens with zero attached hydrogens (tertiary/aromatic N) is 1. The molecule has 0 aromatic carbocycles. The summed E-state index contributed by atoms with van der Waals surface area (Å²) in [4.78, 5) is 0. The summed E-state index contributed by atoms with van der Waals surface area (Å²) in [5.41, 5.74) is 3.50. The van der Waals surface area contributed by atoms with Gasteiger partial charge in [-0.1, -0.05) is 64.7 Å². The van der Waals surface area contributed by atoms with Crippen molar-refractivity contribution in [1.82, 2.24) is 10.4 Å².